The van der Waals surface area contributed by atoms with E-state index in [9.17, 15) is 4.79 Å². The third-order valence-corrected chi connectivity index (χ3v) is 3.96. The fraction of sp³-hybridized carbons (Fsp3) is 0.278. The molecule has 0 atom stereocenters. The van der Waals surface area contributed by atoms with Gasteiger partial charge in [0.05, 0.1) is 0 Å². The van der Waals surface area contributed by atoms with Gasteiger partial charge in [-0.2, -0.15) is 0 Å². The summed E-state index contributed by atoms with van der Waals surface area (Å²) >= 11 is 0. The quantitative estimate of drug-likeness (QED) is 0.936. The molecular formula is C18H20N2O. The smallest absolute Gasteiger partial charge is 0.258 e. The Hall–Kier alpha value is -2.13. The summed E-state index contributed by atoms with van der Waals surface area (Å²) in [6, 6.07) is 14.1. The highest BCUT2D eigenvalue weighted by Crippen LogP contribution is 2.21. The molecule has 0 aromatic heterocycles. The van der Waals surface area contributed by atoms with Crippen LogP contribution in [0.15, 0.2) is 42.5 Å². The first kappa shape index (κ1) is 13.8. The van der Waals surface area contributed by atoms with Crippen LogP contribution >= 0.6 is 0 Å². The number of hydrogen-bond acceptors (Lipinski definition) is 2. The van der Waals surface area contributed by atoms with E-state index in [1.807, 2.05) is 49.1 Å². The van der Waals surface area contributed by atoms with Crippen LogP contribution in [-0.2, 0) is 13.1 Å². The van der Waals surface area contributed by atoms with Gasteiger partial charge in [-0.1, -0.05) is 18.2 Å². The zero-order valence-electron chi connectivity index (χ0n) is 12.5. The predicted octanol–water partition coefficient (Wildman–Crippen LogP) is 3.26. The topological polar surface area (TPSA) is 32.3 Å². The molecule has 1 amide bonds. The molecule has 1 N–H and O–H groups in total. The van der Waals surface area contributed by atoms with Crippen molar-refractivity contribution in [3.05, 3.63) is 64.7 Å². The van der Waals surface area contributed by atoms with Crippen LogP contribution in [0.2, 0.25) is 0 Å². The van der Waals surface area contributed by atoms with E-state index in [2.05, 4.69) is 17.4 Å². The SMILES string of the molecule is CCN(C(=O)c1ccc2c(c1)CNC2)c1cccc(C)c1. The van der Waals surface area contributed by atoms with Crippen molar-refractivity contribution in [3.8, 4) is 0 Å². The summed E-state index contributed by atoms with van der Waals surface area (Å²) in [5.41, 5.74) is 5.42. The van der Waals surface area contributed by atoms with Crippen LogP contribution in [0.4, 0.5) is 5.69 Å². The lowest BCUT2D eigenvalue weighted by atomic mass is 10.1. The molecule has 1 heterocycles. The number of rotatable bonds is 3. The summed E-state index contributed by atoms with van der Waals surface area (Å²) in [6.07, 6.45) is 0. The summed E-state index contributed by atoms with van der Waals surface area (Å²) in [5, 5.41) is 3.31. The number of nitrogens with zero attached hydrogens (tertiary/aromatic N) is 1. The van der Waals surface area contributed by atoms with Crippen LogP contribution in [-0.4, -0.2) is 12.5 Å². The molecule has 2 aromatic carbocycles. The number of carbonyl (C=O) groups is 1. The molecule has 0 spiro atoms. The van der Waals surface area contributed by atoms with Crippen molar-refractivity contribution in [1.82, 2.24) is 5.32 Å². The molecule has 2 aromatic rings. The molecule has 0 radical (unpaired) electrons. The fourth-order valence-corrected chi connectivity index (χ4v) is 2.82. The zero-order chi connectivity index (χ0) is 14.8. The van der Waals surface area contributed by atoms with Crippen LogP contribution in [0.25, 0.3) is 0 Å². The lowest BCUT2D eigenvalue weighted by Crippen LogP contribution is -2.30. The van der Waals surface area contributed by atoms with E-state index in [1.165, 1.54) is 11.1 Å². The van der Waals surface area contributed by atoms with Gasteiger partial charge in [-0.25, -0.2) is 0 Å². The molecule has 3 nitrogen and oxygen atoms in total. The normalized spacial score (nSPS) is 13.0. The maximum atomic E-state index is 12.8. The van der Waals surface area contributed by atoms with Gasteiger partial charge in [0.2, 0.25) is 0 Å². The number of anilines is 1. The third kappa shape index (κ3) is 2.69. The molecule has 0 unspecified atom stereocenters. The Morgan fingerprint density at radius 3 is 2.71 bits per heavy atom. The Morgan fingerprint density at radius 2 is 1.95 bits per heavy atom. The van der Waals surface area contributed by atoms with Crippen LogP contribution in [0.1, 0.15) is 34.0 Å². The van der Waals surface area contributed by atoms with Crippen molar-refractivity contribution in [3.63, 3.8) is 0 Å². The Morgan fingerprint density at radius 1 is 1.14 bits per heavy atom. The molecule has 0 saturated carbocycles. The summed E-state index contributed by atoms with van der Waals surface area (Å²) in [6.45, 7) is 6.47. The van der Waals surface area contributed by atoms with Gasteiger partial charge in [0.1, 0.15) is 0 Å². The third-order valence-electron chi connectivity index (χ3n) is 3.96. The molecular weight excluding hydrogens is 260 g/mol. The number of fused-ring (bicyclic) bond motifs is 1. The van der Waals surface area contributed by atoms with E-state index < -0.39 is 0 Å². The molecule has 0 saturated heterocycles. The first-order valence-electron chi connectivity index (χ1n) is 7.40. The monoisotopic (exact) mass is 280 g/mol. The molecule has 0 aliphatic carbocycles. The number of aryl methyl sites for hydroxylation is 1. The van der Waals surface area contributed by atoms with Crippen molar-refractivity contribution in [2.24, 2.45) is 0 Å². The highest BCUT2D eigenvalue weighted by Gasteiger charge is 2.18. The average molecular weight is 280 g/mol. The number of benzene rings is 2. The molecule has 0 bridgehead atoms. The zero-order valence-corrected chi connectivity index (χ0v) is 12.5. The van der Waals surface area contributed by atoms with Crippen molar-refractivity contribution in [2.45, 2.75) is 26.9 Å². The molecule has 1 aliphatic rings. The van der Waals surface area contributed by atoms with Crippen LogP contribution in [0.3, 0.4) is 0 Å². The predicted molar refractivity (Wildman–Crippen MR) is 85.5 cm³/mol. The molecule has 108 valence electrons. The molecule has 3 heteroatoms. The summed E-state index contributed by atoms with van der Waals surface area (Å²) in [7, 11) is 0. The Kier molecular flexibility index (Phi) is 3.76. The number of carbonyl (C=O) groups excluding carboxylic acids is 1. The van der Waals surface area contributed by atoms with Gasteiger partial charge < -0.3 is 10.2 Å². The minimum absolute atomic E-state index is 0.0674. The van der Waals surface area contributed by atoms with Crippen LogP contribution in [0.5, 0.6) is 0 Å². The van der Waals surface area contributed by atoms with Crippen molar-refractivity contribution in [1.29, 1.82) is 0 Å². The maximum Gasteiger partial charge on any atom is 0.258 e. The van der Waals surface area contributed by atoms with Gasteiger partial charge in [0.15, 0.2) is 0 Å². The summed E-state index contributed by atoms with van der Waals surface area (Å²) < 4.78 is 0. The van der Waals surface area contributed by atoms with Gasteiger partial charge in [-0.3, -0.25) is 4.79 Å². The highest BCUT2D eigenvalue weighted by molar-refractivity contribution is 6.06. The first-order valence-corrected chi connectivity index (χ1v) is 7.40. The minimum Gasteiger partial charge on any atom is -0.309 e. The second-order valence-corrected chi connectivity index (χ2v) is 5.48. The van der Waals surface area contributed by atoms with E-state index in [0.29, 0.717) is 6.54 Å². The Bertz CT molecular complexity index is 679. The Balaban J connectivity index is 1.92. The molecule has 1 aliphatic heterocycles. The van der Waals surface area contributed by atoms with Crippen molar-refractivity contribution in [2.75, 3.05) is 11.4 Å². The summed E-state index contributed by atoms with van der Waals surface area (Å²) in [4.78, 5) is 14.6. The number of amides is 1. The van der Waals surface area contributed by atoms with Crippen LogP contribution in [0, 0.1) is 6.92 Å². The van der Waals surface area contributed by atoms with E-state index in [-0.39, 0.29) is 5.91 Å². The van der Waals surface area contributed by atoms with E-state index in [4.69, 9.17) is 0 Å². The van der Waals surface area contributed by atoms with E-state index in [0.717, 1.165) is 29.9 Å². The van der Waals surface area contributed by atoms with Crippen LogP contribution < -0.4 is 10.2 Å². The van der Waals surface area contributed by atoms with Gasteiger partial charge >= 0.3 is 0 Å². The largest absolute Gasteiger partial charge is 0.309 e. The van der Waals surface area contributed by atoms with Crippen molar-refractivity contribution >= 4 is 11.6 Å². The maximum absolute atomic E-state index is 12.8. The molecule has 3 rings (SSSR count). The Labute approximate surface area is 125 Å². The fourth-order valence-electron chi connectivity index (χ4n) is 2.82. The number of hydrogen-bond donors (Lipinski definition) is 1. The second kappa shape index (κ2) is 5.70. The number of nitrogens with one attached hydrogen (secondary N) is 1. The lowest BCUT2D eigenvalue weighted by molar-refractivity contribution is 0.0988. The summed E-state index contributed by atoms with van der Waals surface area (Å²) in [5.74, 6) is 0.0674. The molecule has 0 fully saturated rings. The van der Waals surface area contributed by atoms with Gasteiger partial charge in [-0.15, -0.1) is 0 Å². The lowest BCUT2D eigenvalue weighted by Gasteiger charge is -2.22. The van der Waals surface area contributed by atoms with Crippen molar-refractivity contribution < 1.29 is 4.79 Å². The second-order valence-electron chi connectivity index (χ2n) is 5.48. The van der Waals surface area contributed by atoms with E-state index in [1.54, 1.807) is 0 Å². The average Bonchev–Trinajstić information content (AvgIpc) is 2.95. The van der Waals surface area contributed by atoms with Gasteiger partial charge in [0.25, 0.3) is 5.91 Å². The highest BCUT2D eigenvalue weighted by atomic mass is 16.2. The standard InChI is InChI=1S/C18H20N2O/c1-3-20(17-6-4-5-13(2)9-17)18(21)14-7-8-15-11-19-12-16(15)10-14/h4-10,19H,3,11-12H2,1-2H3. The molecule has 21 heavy (non-hydrogen) atoms. The van der Waals surface area contributed by atoms with Gasteiger partial charge in [-0.05, 0) is 54.8 Å². The first-order chi connectivity index (χ1) is 10.2. The van der Waals surface area contributed by atoms with Gasteiger partial charge in [0, 0.05) is 30.9 Å². The van der Waals surface area contributed by atoms with E-state index >= 15 is 0 Å². The minimum atomic E-state index is 0.0674.